The fourth-order valence-electron chi connectivity index (χ4n) is 1.32. The molecule has 0 aliphatic carbocycles. The maximum atomic E-state index is 11.7. The van der Waals surface area contributed by atoms with E-state index in [9.17, 15) is 4.79 Å². The van der Waals surface area contributed by atoms with Crippen molar-refractivity contribution in [3.63, 3.8) is 0 Å². The van der Waals surface area contributed by atoms with Crippen LogP contribution in [0, 0.1) is 0 Å². The molecule has 0 aliphatic rings. The van der Waals surface area contributed by atoms with Crippen LogP contribution >= 0.6 is 23.6 Å². The van der Waals surface area contributed by atoms with E-state index in [4.69, 9.17) is 16.6 Å². The predicted octanol–water partition coefficient (Wildman–Crippen LogP) is 2.07. The van der Waals surface area contributed by atoms with Gasteiger partial charge in [-0.2, -0.15) is 0 Å². The molecule has 0 unspecified atom stereocenters. The van der Waals surface area contributed by atoms with E-state index in [1.165, 1.54) is 0 Å². The molecule has 2 N–H and O–H groups in total. The third-order valence-corrected chi connectivity index (χ3v) is 3.42. The Labute approximate surface area is 114 Å². The first-order valence-corrected chi connectivity index (χ1v) is 6.65. The lowest BCUT2D eigenvalue weighted by Gasteiger charge is -2.06. The largest absolute Gasteiger partial charge is 0.467 e. The fraction of sp³-hybridized carbons (Fsp3) is 0.167. The maximum absolute atomic E-state index is 11.7. The van der Waals surface area contributed by atoms with Gasteiger partial charge in [0.25, 0.3) is 5.91 Å². The summed E-state index contributed by atoms with van der Waals surface area (Å²) in [6, 6.07) is 7.51. The normalized spacial score (nSPS) is 10.0. The van der Waals surface area contributed by atoms with Gasteiger partial charge in [0.2, 0.25) is 0 Å². The molecular formula is C12H12N2O2S2. The van der Waals surface area contributed by atoms with Crippen molar-refractivity contribution < 1.29 is 9.21 Å². The number of carbonyl (C=O) groups excluding carboxylic acids is 1. The third-order valence-electron chi connectivity index (χ3n) is 2.21. The monoisotopic (exact) mass is 280 g/mol. The Morgan fingerprint density at radius 3 is 2.83 bits per heavy atom. The smallest absolute Gasteiger partial charge is 0.278 e. The first-order chi connectivity index (χ1) is 8.75. The van der Waals surface area contributed by atoms with E-state index in [2.05, 4.69) is 10.6 Å². The number of thiocarbonyl (C=S) groups is 1. The number of carbonyl (C=O) groups is 1. The standard InChI is InChI=1S/C12H12N2O2S2/c15-11(13-8-10-4-2-6-18-10)12(17)14-7-9-3-1-5-16-9/h1-6H,7-8H2,(H,13,15)(H,14,17). The van der Waals surface area contributed by atoms with E-state index in [0.717, 1.165) is 10.6 Å². The molecule has 2 heterocycles. The highest BCUT2D eigenvalue weighted by atomic mass is 32.1. The van der Waals surface area contributed by atoms with Crippen molar-refractivity contribution in [3.8, 4) is 0 Å². The van der Waals surface area contributed by atoms with Crippen LogP contribution in [0.5, 0.6) is 0 Å². The number of hydrogen-bond donors (Lipinski definition) is 2. The number of rotatable bonds is 4. The van der Waals surface area contributed by atoms with Crippen LogP contribution in [0.25, 0.3) is 0 Å². The zero-order chi connectivity index (χ0) is 12.8. The summed E-state index contributed by atoms with van der Waals surface area (Å²) in [5.41, 5.74) is 0. The summed E-state index contributed by atoms with van der Waals surface area (Å²) in [5.74, 6) is 0.466. The summed E-state index contributed by atoms with van der Waals surface area (Å²) in [5, 5.41) is 7.56. The van der Waals surface area contributed by atoms with E-state index >= 15 is 0 Å². The van der Waals surface area contributed by atoms with Crippen LogP contribution in [0.15, 0.2) is 40.3 Å². The fourth-order valence-corrected chi connectivity index (χ4v) is 2.11. The van der Waals surface area contributed by atoms with Crippen LogP contribution in [0.4, 0.5) is 0 Å². The summed E-state index contributed by atoms with van der Waals surface area (Å²) in [6.45, 7) is 0.914. The summed E-state index contributed by atoms with van der Waals surface area (Å²) in [6.07, 6.45) is 1.58. The topological polar surface area (TPSA) is 54.3 Å². The van der Waals surface area contributed by atoms with Crippen molar-refractivity contribution in [3.05, 3.63) is 46.5 Å². The molecule has 2 rings (SSSR count). The number of furan rings is 1. The maximum Gasteiger partial charge on any atom is 0.278 e. The predicted molar refractivity (Wildman–Crippen MR) is 74.3 cm³/mol. The van der Waals surface area contributed by atoms with Crippen LogP contribution < -0.4 is 10.6 Å². The molecule has 0 saturated carbocycles. The summed E-state index contributed by atoms with van der Waals surface area (Å²) in [7, 11) is 0. The van der Waals surface area contributed by atoms with Gasteiger partial charge in [0, 0.05) is 4.88 Å². The molecule has 1 amide bonds. The summed E-state index contributed by atoms with van der Waals surface area (Å²) >= 11 is 6.58. The van der Waals surface area contributed by atoms with Crippen molar-refractivity contribution in [1.29, 1.82) is 0 Å². The van der Waals surface area contributed by atoms with Crippen LogP contribution in [-0.2, 0) is 17.9 Å². The van der Waals surface area contributed by atoms with Gasteiger partial charge in [-0.1, -0.05) is 18.3 Å². The lowest BCUT2D eigenvalue weighted by molar-refractivity contribution is -0.114. The zero-order valence-electron chi connectivity index (χ0n) is 9.51. The Morgan fingerprint density at radius 1 is 1.28 bits per heavy atom. The Morgan fingerprint density at radius 2 is 2.17 bits per heavy atom. The molecule has 0 atom stereocenters. The minimum atomic E-state index is -0.273. The van der Waals surface area contributed by atoms with E-state index in [-0.39, 0.29) is 10.9 Å². The van der Waals surface area contributed by atoms with E-state index in [1.54, 1.807) is 23.7 Å². The van der Waals surface area contributed by atoms with Crippen molar-refractivity contribution in [2.75, 3.05) is 0 Å². The molecular weight excluding hydrogens is 268 g/mol. The molecule has 0 radical (unpaired) electrons. The van der Waals surface area contributed by atoms with Gasteiger partial charge in [0.05, 0.1) is 19.4 Å². The quantitative estimate of drug-likeness (QED) is 0.842. The van der Waals surface area contributed by atoms with Crippen molar-refractivity contribution >= 4 is 34.5 Å². The van der Waals surface area contributed by atoms with Gasteiger partial charge in [-0.15, -0.1) is 11.3 Å². The van der Waals surface area contributed by atoms with Gasteiger partial charge in [0.15, 0.2) is 4.99 Å². The Bertz CT molecular complexity index is 458. The molecule has 0 fully saturated rings. The van der Waals surface area contributed by atoms with Crippen LogP contribution in [0.2, 0.25) is 0 Å². The molecule has 2 aromatic heterocycles. The lowest BCUT2D eigenvalue weighted by Crippen LogP contribution is -2.37. The molecule has 0 aromatic carbocycles. The van der Waals surface area contributed by atoms with Gasteiger partial charge in [-0.25, -0.2) is 0 Å². The summed E-state index contributed by atoms with van der Waals surface area (Å²) in [4.78, 5) is 12.9. The van der Waals surface area contributed by atoms with Crippen molar-refractivity contribution in [1.82, 2.24) is 10.6 Å². The second-order valence-corrected chi connectivity index (χ2v) is 4.96. The molecule has 0 aliphatic heterocycles. The highest BCUT2D eigenvalue weighted by molar-refractivity contribution is 7.82. The minimum Gasteiger partial charge on any atom is -0.467 e. The van der Waals surface area contributed by atoms with Crippen LogP contribution in [0.1, 0.15) is 10.6 Å². The molecule has 0 saturated heterocycles. The number of hydrogen-bond acceptors (Lipinski definition) is 4. The second-order valence-electron chi connectivity index (χ2n) is 3.52. The minimum absolute atomic E-state index is 0.169. The lowest BCUT2D eigenvalue weighted by atomic mass is 10.4. The zero-order valence-corrected chi connectivity index (χ0v) is 11.1. The number of nitrogens with one attached hydrogen (secondary N) is 2. The number of amides is 1. The molecule has 6 heteroatoms. The van der Waals surface area contributed by atoms with Gasteiger partial charge in [-0.05, 0) is 23.6 Å². The van der Waals surface area contributed by atoms with Gasteiger partial charge >= 0.3 is 0 Å². The highest BCUT2D eigenvalue weighted by Gasteiger charge is 2.08. The Balaban J connectivity index is 1.73. The van der Waals surface area contributed by atoms with Gasteiger partial charge in [-0.3, -0.25) is 4.79 Å². The van der Waals surface area contributed by atoms with E-state index in [0.29, 0.717) is 13.1 Å². The molecule has 0 spiro atoms. The first kappa shape index (κ1) is 12.8. The summed E-state index contributed by atoms with van der Waals surface area (Å²) < 4.78 is 5.13. The van der Waals surface area contributed by atoms with E-state index in [1.807, 2.05) is 23.6 Å². The van der Waals surface area contributed by atoms with Crippen LogP contribution in [0.3, 0.4) is 0 Å². The molecule has 94 valence electrons. The average molecular weight is 280 g/mol. The van der Waals surface area contributed by atoms with Crippen molar-refractivity contribution in [2.24, 2.45) is 0 Å². The molecule has 4 nitrogen and oxygen atoms in total. The first-order valence-electron chi connectivity index (χ1n) is 5.36. The van der Waals surface area contributed by atoms with Gasteiger partial charge < -0.3 is 15.1 Å². The Kier molecular flexibility index (Phi) is 4.49. The second kappa shape index (κ2) is 6.32. The van der Waals surface area contributed by atoms with Crippen molar-refractivity contribution in [2.45, 2.75) is 13.1 Å². The molecule has 18 heavy (non-hydrogen) atoms. The number of thiophene rings is 1. The van der Waals surface area contributed by atoms with E-state index < -0.39 is 0 Å². The third kappa shape index (κ3) is 3.68. The van der Waals surface area contributed by atoms with Crippen LogP contribution in [-0.4, -0.2) is 10.9 Å². The highest BCUT2D eigenvalue weighted by Crippen LogP contribution is 2.07. The molecule has 0 bridgehead atoms. The SMILES string of the molecule is O=C(NCc1cccs1)C(=S)NCc1ccco1. The average Bonchev–Trinajstić information content (AvgIpc) is 3.05. The van der Waals surface area contributed by atoms with Gasteiger partial charge in [0.1, 0.15) is 5.76 Å². The Hall–Kier alpha value is -1.66. The molecule has 2 aromatic rings.